The summed E-state index contributed by atoms with van der Waals surface area (Å²) in [6.07, 6.45) is -1.25. The molecular weight excluding hydrogens is 225 g/mol. The number of hydrogen-bond acceptors (Lipinski definition) is 3. The number of primary amides is 1. The second kappa shape index (κ2) is 5.63. The third kappa shape index (κ3) is 3.42. The van der Waals surface area contributed by atoms with Gasteiger partial charge >= 0.3 is 0 Å². The summed E-state index contributed by atoms with van der Waals surface area (Å²) in [7, 11) is 0. The molecule has 0 spiro atoms. The van der Waals surface area contributed by atoms with E-state index >= 15 is 0 Å². The van der Waals surface area contributed by atoms with Gasteiger partial charge in [0.05, 0.1) is 6.10 Å². The van der Waals surface area contributed by atoms with Crippen LogP contribution in [0.3, 0.4) is 0 Å². The van der Waals surface area contributed by atoms with E-state index < -0.39 is 23.9 Å². The molecule has 1 rings (SSSR count). The molecular formula is C12H16FNO3. The summed E-state index contributed by atoms with van der Waals surface area (Å²) in [5.74, 6) is -0.943. The van der Waals surface area contributed by atoms with E-state index in [0.29, 0.717) is 6.42 Å². The second-order valence-electron chi connectivity index (χ2n) is 3.78. The lowest BCUT2D eigenvalue weighted by atomic mass is 10.1. The van der Waals surface area contributed by atoms with Crippen LogP contribution in [0.5, 0.6) is 5.75 Å². The highest BCUT2D eigenvalue weighted by Crippen LogP contribution is 2.22. The van der Waals surface area contributed by atoms with Gasteiger partial charge in [0.15, 0.2) is 6.10 Å². The van der Waals surface area contributed by atoms with Crippen molar-refractivity contribution in [3.8, 4) is 5.75 Å². The van der Waals surface area contributed by atoms with Gasteiger partial charge in [-0.2, -0.15) is 0 Å². The number of carbonyl (C=O) groups excluding carboxylic acids is 1. The zero-order chi connectivity index (χ0) is 13.0. The quantitative estimate of drug-likeness (QED) is 0.821. The van der Waals surface area contributed by atoms with Crippen molar-refractivity contribution in [2.24, 2.45) is 5.73 Å². The Morgan fingerprint density at radius 2 is 2.24 bits per heavy atom. The predicted octanol–water partition coefficient (Wildman–Crippen LogP) is 1.52. The number of benzene rings is 1. The molecule has 0 radical (unpaired) electrons. The monoisotopic (exact) mass is 241 g/mol. The fourth-order valence-electron chi connectivity index (χ4n) is 1.43. The lowest BCUT2D eigenvalue weighted by Gasteiger charge is -2.15. The third-order valence-corrected chi connectivity index (χ3v) is 2.39. The van der Waals surface area contributed by atoms with E-state index in [1.807, 2.05) is 0 Å². The zero-order valence-electron chi connectivity index (χ0n) is 9.81. The fourth-order valence-corrected chi connectivity index (χ4v) is 1.43. The molecule has 1 aromatic carbocycles. The van der Waals surface area contributed by atoms with Crippen LogP contribution in [-0.4, -0.2) is 17.1 Å². The number of amides is 1. The SMILES string of the molecule is CCC(Oc1ccc([C@@H](C)O)c(F)c1)C(N)=O. The molecule has 0 heterocycles. The number of hydrogen-bond donors (Lipinski definition) is 2. The van der Waals surface area contributed by atoms with Crippen molar-refractivity contribution < 1.29 is 19.0 Å². The summed E-state index contributed by atoms with van der Waals surface area (Å²) in [5, 5.41) is 9.26. The molecule has 17 heavy (non-hydrogen) atoms. The molecule has 1 unspecified atom stereocenters. The topological polar surface area (TPSA) is 72.6 Å². The van der Waals surface area contributed by atoms with E-state index in [2.05, 4.69) is 0 Å². The van der Waals surface area contributed by atoms with E-state index in [0.717, 1.165) is 6.07 Å². The molecule has 0 aromatic heterocycles. The van der Waals surface area contributed by atoms with Crippen LogP contribution in [-0.2, 0) is 4.79 Å². The van der Waals surface area contributed by atoms with Crippen LogP contribution in [0.15, 0.2) is 18.2 Å². The smallest absolute Gasteiger partial charge is 0.258 e. The Kier molecular flexibility index (Phi) is 4.45. The number of halogens is 1. The van der Waals surface area contributed by atoms with Crippen molar-refractivity contribution in [2.45, 2.75) is 32.5 Å². The Morgan fingerprint density at radius 1 is 1.59 bits per heavy atom. The first-order chi connectivity index (χ1) is 7.95. The molecule has 3 N–H and O–H groups in total. The van der Waals surface area contributed by atoms with Crippen molar-refractivity contribution in [3.05, 3.63) is 29.6 Å². The summed E-state index contributed by atoms with van der Waals surface area (Å²) < 4.78 is 18.7. The van der Waals surface area contributed by atoms with Crippen molar-refractivity contribution in [2.75, 3.05) is 0 Å². The van der Waals surface area contributed by atoms with Crippen LogP contribution in [0, 0.1) is 5.82 Å². The predicted molar refractivity (Wildman–Crippen MR) is 60.9 cm³/mol. The van der Waals surface area contributed by atoms with Gasteiger partial charge in [-0.05, 0) is 25.5 Å². The Bertz CT molecular complexity index is 407. The van der Waals surface area contributed by atoms with Gasteiger partial charge < -0.3 is 15.6 Å². The third-order valence-electron chi connectivity index (χ3n) is 2.39. The Morgan fingerprint density at radius 3 is 2.65 bits per heavy atom. The summed E-state index contributed by atoms with van der Waals surface area (Å²) in [5.41, 5.74) is 5.30. The summed E-state index contributed by atoms with van der Waals surface area (Å²) in [6, 6.07) is 4.05. The maximum absolute atomic E-state index is 13.5. The van der Waals surface area contributed by atoms with E-state index in [9.17, 15) is 14.3 Å². The second-order valence-corrected chi connectivity index (χ2v) is 3.78. The number of aliphatic hydroxyl groups is 1. The summed E-state index contributed by atoms with van der Waals surface area (Å²) in [4.78, 5) is 11.0. The lowest BCUT2D eigenvalue weighted by Crippen LogP contribution is -2.33. The van der Waals surface area contributed by atoms with Gasteiger partial charge in [0.2, 0.25) is 0 Å². The van der Waals surface area contributed by atoms with E-state index in [1.165, 1.54) is 19.1 Å². The van der Waals surface area contributed by atoms with Crippen LogP contribution in [0.2, 0.25) is 0 Å². The van der Waals surface area contributed by atoms with Gasteiger partial charge in [-0.25, -0.2) is 4.39 Å². The van der Waals surface area contributed by atoms with Crippen molar-refractivity contribution >= 4 is 5.91 Å². The van der Waals surface area contributed by atoms with Gasteiger partial charge in [0.25, 0.3) is 5.91 Å². The minimum atomic E-state index is -0.887. The molecule has 0 saturated heterocycles. The highest BCUT2D eigenvalue weighted by molar-refractivity contribution is 5.79. The lowest BCUT2D eigenvalue weighted by molar-refractivity contribution is -0.124. The molecule has 94 valence electrons. The molecule has 0 saturated carbocycles. The normalized spacial score (nSPS) is 14.1. The largest absolute Gasteiger partial charge is 0.481 e. The molecule has 0 bridgehead atoms. The maximum Gasteiger partial charge on any atom is 0.258 e. The first kappa shape index (κ1) is 13.4. The van der Waals surface area contributed by atoms with Gasteiger partial charge in [-0.15, -0.1) is 0 Å². The van der Waals surface area contributed by atoms with E-state index in [-0.39, 0.29) is 11.3 Å². The highest BCUT2D eigenvalue weighted by atomic mass is 19.1. The number of ether oxygens (including phenoxy) is 1. The van der Waals surface area contributed by atoms with Crippen molar-refractivity contribution in [1.29, 1.82) is 0 Å². The Hall–Kier alpha value is -1.62. The first-order valence-electron chi connectivity index (χ1n) is 5.39. The molecule has 4 nitrogen and oxygen atoms in total. The molecule has 1 aromatic rings. The standard InChI is InChI=1S/C12H16FNO3/c1-3-11(12(14)16)17-8-4-5-9(7(2)15)10(13)6-8/h4-7,11,15H,3H2,1-2H3,(H2,14,16)/t7-,11?/m1/s1. The molecule has 0 aliphatic heterocycles. The number of rotatable bonds is 5. The molecule has 1 amide bonds. The Balaban J connectivity index is 2.87. The number of aliphatic hydroxyl groups excluding tert-OH is 1. The molecule has 0 fully saturated rings. The van der Waals surface area contributed by atoms with Gasteiger partial charge in [0.1, 0.15) is 11.6 Å². The average molecular weight is 241 g/mol. The van der Waals surface area contributed by atoms with Gasteiger partial charge in [-0.3, -0.25) is 4.79 Å². The van der Waals surface area contributed by atoms with Crippen LogP contribution in [0.1, 0.15) is 31.9 Å². The number of nitrogens with two attached hydrogens (primary N) is 1. The van der Waals surface area contributed by atoms with E-state index in [1.54, 1.807) is 6.92 Å². The molecule has 0 aliphatic rings. The maximum atomic E-state index is 13.5. The van der Waals surface area contributed by atoms with Crippen LogP contribution in [0.25, 0.3) is 0 Å². The molecule has 2 atom stereocenters. The van der Waals surface area contributed by atoms with Crippen molar-refractivity contribution in [3.63, 3.8) is 0 Å². The summed E-state index contributed by atoms with van der Waals surface area (Å²) >= 11 is 0. The first-order valence-corrected chi connectivity index (χ1v) is 5.39. The molecule has 5 heteroatoms. The van der Waals surface area contributed by atoms with Gasteiger partial charge in [-0.1, -0.05) is 6.92 Å². The fraction of sp³-hybridized carbons (Fsp3) is 0.417. The van der Waals surface area contributed by atoms with E-state index in [4.69, 9.17) is 10.5 Å². The van der Waals surface area contributed by atoms with Crippen LogP contribution < -0.4 is 10.5 Å². The minimum Gasteiger partial charge on any atom is -0.481 e. The van der Waals surface area contributed by atoms with Crippen molar-refractivity contribution in [1.82, 2.24) is 0 Å². The van der Waals surface area contributed by atoms with Crippen LogP contribution >= 0.6 is 0 Å². The summed E-state index contributed by atoms with van der Waals surface area (Å²) in [6.45, 7) is 3.22. The molecule has 0 aliphatic carbocycles. The Labute approximate surface area is 99.2 Å². The number of carbonyl (C=O) groups is 1. The minimum absolute atomic E-state index is 0.185. The van der Waals surface area contributed by atoms with Crippen LogP contribution in [0.4, 0.5) is 4.39 Å². The zero-order valence-corrected chi connectivity index (χ0v) is 9.81. The highest BCUT2D eigenvalue weighted by Gasteiger charge is 2.16. The average Bonchev–Trinajstić information content (AvgIpc) is 2.24. The van der Waals surface area contributed by atoms with Gasteiger partial charge in [0, 0.05) is 11.6 Å².